The van der Waals surface area contributed by atoms with E-state index in [9.17, 15) is 9.59 Å². The van der Waals surface area contributed by atoms with Gasteiger partial charge in [-0.25, -0.2) is 15.0 Å². The Balaban J connectivity index is 3.01. The van der Waals surface area contributed by atoms with Crippen molar-refractivity contribution in [2.75, 3.05) is 19.3 Å². The fraction of sp³-hybridized carbons (Fsp3) is 0.238. The minimum atomic E-state index is -2.52. The normalized spacial score (nSPS) is 11.6. The SMILES string of the molecule is CCOC(=O)C(/C(C)=N/NC(N)=O)=P(CCN)(c1ccccc1)c1ccccc1. The number of hydrogen-bond acceptors (Lipinski definition) is 5. The van der Waals surface area contributed by atoms with Crippen LogP contribution in [0.4, 0.5) is 4.79 Å². The molecule has 0 unspecified atom stereocenters. The van der Waals surface area contributed by atoms with Crippen LogP contribution in [0.2, 0.25) is 0 Å². The zero-order valence-electron chi connectivity index (χ0n) is 16.7. The molecule has 7 nitrogen and oxygen atoms in total. The van der Waals surface area contributed by atoms with Gasteiger partial charge >= 0.3 is 12.0 Å². The Morgan fingerprint density at radius 2 is 1.55 bits per heavy atom. The van der Waals surface area contributed by atoms with E-state index in [0.29, 0.717) is 23.7 Å². The van der Waals surface area contributed by atoms with Crippen molar-refractivity contribution >= 4 is 40.5 Å². The fourth-order valence-electron chi connectivity index (χ4n) is 3.31. The fourth-order valence-corrected chi connectivity index (χ4v) is 7.59. The number of benzene rings is 2. The number of esters is 1. The van der Waals surface area contributed by atoms with Gasteiger partial charge in [0.2, 0.25) is 0 Å². The molecule has 0 aliphatic heterocycles. The van der Waals surface area contributed by atoms with Crippen molar-refractivity contribution in [3.05, 3.63) is 60.7 Å². The second-order valence-electron chi connectivity index (χ2n) is 6.24. The van der Waals surface area contributed by atoms with Crippen LogP contribution in [0, 0.1) is 0 Å². The molecule has 2 aromatic rings. The number of hydrazone groups is 1. The second-order valence-corrected chi connectivity index (χ2v) is 9.78. The van der Waals surface area contributed by atoms with Crippen molar-refractivity contribution in [2.45, 2.75) is 13.8 Å². The minimum absolute atomic E-state index is 0.213. The molecule has 0 radical (unpaired) electrons. The number of rotatable bonds is 8. The van der Waals surface area contributed by atoms with Gasteiger partial charge in [-0.3, -0.25) is 0 Å². The lowest BCUT2D eigenvalue weighted by molar-refractivity contribution is -0.134. The molecule has 0 fully saturated rings. The van der Waals surface area contributed by atoms with E-state index < -0.39 is 18.9 Å². The van der Waals surface area contributed by atoms with Crippen LogP contribution in [0.1, 0.15) is 13.8 Å². The molecule has 0 saturated heterocycles. The highest BCUT2D eigenvalue weighted by Gasteiger charge is 2.33. The molecule has 0 spiro atoms. The number of nitrogens with zero attached hydrogens (tertiary/aromatic N) is 1. The molecule has 0 aliphatic carbocycles. The summed E-state index contributed by atoms with van der Waals surface area (Å²) in [6, 6.07) is 18.7. The third kappa shape index (κ3) is 5.13. The highest BCUT2D eigenvalue weighted by atomic mass is 31.2. The summed E-state index contributed by atoms with van der Waals surface area (Å²) < 4.78 is 5.41. The highest BCUT2D eigenvalue weighted by molar-refractivity contribution is 7.92. The Morgan fingerprint density at radius 1 is 1.03 bits per heavy atom. The van der Waals surface area contributed by atoms with Crippen molar-refractivity contribution in [2.24, 2.45) is 16.6 Å². The van der Waals surface area contributed by atoms with Gasteiger partial charge in [-0.2, -0.15) is 5.10 Å². The van der Waals surface area contributed by atoms with E-state index in [1.807, 2.05) is 60.7 Å². The number of hydrogen-bond donors (Lipinski definition) is 3. The molecule has 0 saturated carbocycles. The van der Waals surface area contributed by atoms with Gasteiger partial charge < -0.3 is 16.2 Å². The number of nitrogens with one attached hydrogen (secondary N) is 1. The summed E-state index contributed by atoms with van der Waals surface area (Å²) in [4.78, 5) is 24.4. The molecule has 8 heteroatoms. The Hall–Kier alpha value is -2.89. The summed E-state index contributed by atoms with van der Waals surface area (Å²) >= 11 is 0. The Morgan fingerprint density at radius 3 is 1.97 bits per heavy atom. The van der Waals surface area contributed by atoms with Crippen LogP contribution in [-0.4, -0.2) is 42.3 Å². The first-order valence-corrected chi connectivity index (χ1v) is 11.3. The number of urea groups is 1. The average molecular weight is 414 g/mol. The number of ether oxygens (including phenoxy) is 1. The molecular weight excluding hydrogens is 387 g/mol. The number of carbonyl (C=O) groups excluding carboxylic acids is 2. The van der Waals surface area contributed by atoms with Crippen molar-refractivity contribution < 1.29 is 14.3 Å². The van der Waals surface area contributed by atoms with Gasteiger partial charge in [0, 0.05) is 0 Å². The topological polar surface area (TPSA) is 120 Å². The smallest absolute Gasteiger partial charge is 0.340 e. The maximum Gasteiger partial charge on any atom is 0.340 e. The Kier molecular flexibility index (Phi) is 8.19. The van der Waals surface area contributed by atoms with Crippen LogP contribution < -0.4 is 27.5 Å². The summed E-state index contributed by atoms with van der Waals surface area (Å²) in [5.74, 6) is -0.477. The largest absolute Gasteiger partial charge is 0.462 e. The molecule has 2 rings (SSSR count). The van der Waals surface area contributed by atoms with Gasteiger partial charge in [0.25, 0.3) is 0 Å². The molecule has 154 valence electrons. The van der Waals surface area contributed by atoms with E-state index in [4.69, 9.17) is 16.2 Å². The number of nitrogens with two attached hydrogens (primary N) is 2. The first kappa shape index (κ1) is 22.4. The zero-order chi connectivity index (χ0) is 21.3. The second kappa shape index (κ2) is 10.6. The Labute approximate surface area is 171 Å². The lowest BCUT2D eigenvalue weighted by atomic mass is 10.3. The summed E-state index contributed by atoms with van der Waals surface area (Å²) in [5.41, 5.74) is 13.8. The molecule has 0 bridgehead atoms. The van der Waals surface area contributed by atoms with Crippen LogP contribution in [0.5, 0.6) is 0 Å². The van der Waals surface area contributed by atoms with E-state index in [2.05, 4.69) is 10.5 Å². The summed E-state index contributed by atoms with van der Waals surface area (Å²) in [6.07, 6.45) is 0.540. The molecule has 0 aliphatic rings. The van der Waals surface area contributed by atoms with Gasteiger partial charge in [0.15, 0.2) is 0 Å². The van der Waals surface area contributed by atoms with E-state index in [1.54, 1.807) is 13.8 Å². The van der Waals surface area contributed by atoms with Gasteiger partial charge in [-0.1, -0.05) is 60.7 Å². The maximum atomic E-state index is 13.2. The predicted molar refractivity (Wildman–Crippen MR) is 120 cm³/mol. The first-order valence-electron chi connectivity index (χ1n) is 9.31. The van der Waals surface area contributed by atoms with Crippen LogP contribution in [-0.2, 0) is 9.53 Å². The van der Waals surface area contributed by atoms with Gasteiger partial charge in [0.05, 0.1) is 17.6 Å². The molecule has 2 aromatic carbocycles. The third-order valence-electron chi connectivity index (χ3n) is 4.39. The van der Waals surface area contributed by atoms with Gasteiger partial charge in [-0.15, -0.1) is 0 Å². The van der Waals surface area contributed by atoms with Crippen molar-refractivity contribution in [3.8, 4) is 0 Å². The Bertz CT molecular complexity index is 884. The molecular formula is C21H27N4O3P. The van der Waals surface area contributed by atoms with E-state index in [0.717, 1.165) is 10.6 Å². The number of primary amides is 1. The summed E-state index contributed by atoms with van der Waals surface area (Å²) in [7, 11) is 0. The molecule has 29 heavy (non-hydrogen) atoms. The molecule has 0 aromatic heterocycles. The van der Waals surface area contributed by atoms with Crippen molar-refractivity contribution in [3.63, 3.8) is 0 Å². The zero-order valence-corrected chi connectivity index (χ0v) is 17.6. The van der Waals surface area contributed by atoms with Gasteiger partial charge in [0.1, 0.15) is 0 Å². The van der Waals surface area contributed by atoms with Gasteiger partial charge in [-0.05, 0) is 44.0 Å². The maximum absolute atomic E-state index is 13.2. The molecule has 2 amide bonds. The van der Waals surface area contributed by atoms with Crippen LogP contribution >= 0.6 is 6.89 Å². The monoisotopic (exact) mass is 414 g/mol. The summed E-state index contributed by atoms with van der Waals surface area (Å²) in [5, 5.41) is 6.44. The van der Waals surface area contributed by atoms with Crippen LogP contribution in [0.25, 0.3) is 0 Å². The minimum Gasteiger partial charge on any atom is -0.462 e. The van der Waals surface area contributed by atoms with Crippen molar-refractivity contribution in [1.82, 2.24) is 5.43 Å². The third-order valence-corrected chi connectivity index (χ3v) is 8.94. The molecule has 0 atom stereocenters. The van der Waals surface area contributed by atoms with Crippen LogP contribution in [0.3, 0.4) is 0 Å². The van der Waals surface area contributed by atoms with Crippen molar-refractivity contribution in [1.29, 1.82) is 0 Å². The lowest BCUT2D eigenvalue weighted by Crippen LogP contribution is -2.37. The molecule has 5 N–H and O–H groups in total. The summed E-state index contributed by atoms with van der Waals surface area (Å²) in [6.45, 7) is 1.47. The van der Waals surface area contributed by atoms with E-state index in [-0.39, 0.29) is 6.61 Å². The average Bonchev–Trinajstić information content (AvgIpc) is 2.73. The van der Waals surface area contributed by atoms with E-state index >= 15 is 0 Å². The quantitative estimate of drug-likeness (QED) is 0.262. The lowest BCUT2D eigenvalue weighted by Gasteiger charge is -2.31. The molecule has 0 heterocycles. The number of carbonyl (C=O) groups is 2. The predicted octanol–water partition coefficient (Wildman–Crippen LogP) is 1.39. The van der Waals surface area contributed by atoms with E-state index in [1.165, 1.54) is 0 Å². The standard InChI is InChI=1S/C21H27N4O3P/c1-3-28-20(26)19(16(2)24-25-21(23)27)29(15-14-22,17-10-6-4-7-11-17)18-12-8-5-9-13-18/h4-13H,3,14-15,22H2,1-2H3,(H3,23,25,27)/b24-16+. The number of amides is 2. The highest BCUT2D eigenvalue weighted by Crippen LogP contribution is 2.47. The van der Waals surface area contributed by atoms with Crippen LogP contribution in [0.15, 0.2) is 65.8 Å². The first-order chi connectivity index (χ1) is 14.0.